The summed E-state index contributed by atoms with van der Waals surface area (Å²) in [6.45, 7) is 0.0298. The molecule has 1 rings (SSSR count). The van der Waals surface area contributed by atoms with Gasteiger partial charge in [0, 0.05) is 6.54 Å². The molecule has 12 heavy (non-hydrogen) atoms. The van der Waals surface area contributed by atoms with E-state index in [1.165, 1.54) is 0 Å². The van der Waals surface area contributed by atoms with Gasteiger partial charge in [0.25, 0.3) is 0 Å². The topological polar surface area (TPSA) is 122 Å². The molecule has 0 aromatic rings. The molecular weight excluding hydrogens is 164 g/mol. The van der Waals surface area contributed by atoms with Gasteiger partial charge < -0.3 is 31.5 Å². The Morgan fingerprint density at radius 1 is 1.17 bits per heavy atom. The summed E-state index contributed by atoms with van der Waals surface area (Å²) in [6, 6.07) is -0.984. The maximum absolute atomic E-state index is 9.28. The first-order chi connectivity index (χ1) is 5.57. The third-order valence-corrected chi connectivity index (χ3v) is 2.00. The van der Waals surface area contributed by atoms with Crippen molar-refractivity contribution in [2.45, 2.75) is 30.6 Å². The summed E-state index contributed by atoms with van der Waals surface area (Å²) in [5.74, 6) is 0. The largest absolute Gasteiger partial charge is 0.388 e. The molecule has 0 saturated carbocycles. The summed E-state index contributed by atoms with van der Waals surface area (Å²) in [7, 11) is 0. The third-order valence-electron chi connectivity index (χ3n) is 2.00. The summed E-state index contributed by atoms with van der Waals surface area (Å²) in [6.07, 6.45) is -4.34. The molecule has 5 atom stereocenters. The Hall–Kier alpha value is -0.240. The molecule has 6 nitrogen and oxygen atoms in total. The zero-order chi connectivity index (χ0) is 9.30. The van der Waals surface area contributed by atoms with Gasteiger partial charge >= 0.3 is 0 Å². The van der Waals surface area contributed by atoms with Crippen LogP contribution in [0.1, 0.15) is 0 Å². The number of aliphatic hydroxyl groups excluding tert-OH is 3. The molecule has 0 spiro atoms. The Balaban J connectivity index is 2.63. The number of hydrogen-bond donors (Lipinski definition) is 5. The zero-order valence-electron chi connectivity index (χ0n) is 6.50. The van der Waals surface area contributed by atoms with Crippen LogP contribution < -0.4 is 11.5 Å². The van der Waals surface area contributed by atoms with E-state index in [1.807, 2.05) is 0 Å². The van der Waals surface area contributed by atoms with Crippen LogP contribution in [0, 0.1) is 0 Å². The smallest absolute Gasteiger partial charge is 0.172 e. The number of nitrogens with two attached hydrogens (primary N) is 2. The van der Waals surface area contributed by atoms with Crippen LogP contribution in [0.2, 0.25) is 0 Å². The van der Waals surface area contributed by atoms with Crippen LogP contribution in [0.15, 0.2) is 0 Å². The van der Waals surface area contributed by atoms with Crippen LogP contribution in [0.25, 0.3) is 0 Å². The van der Waals surface area contributed by atoms with Gasteiger partial charge in [-0.2, -0.15) is 0 Å². The molecule has 0 aromatic carbocycles. The first-order valence-electron chi connectivity index (χ1n) is 3.73. The molecule has 0 aromatic heterocycles. The SMILES string of the molecule is NC[C@@H]1O[C@H](O)[C@H](N)C(O)[C@@H]1O. The lowest BCUT2D eigenvalue weighted by Gasteiger charge is -2.38. The lowest BCUT2D eigenvalue weighted by molar-refractivity contribution is -0.238. The fraction of sp³-hybridized carbons (Fsp3) is 1.00. The molecule has 1 unspecified atom stereocenters. The molecule has 6 heteroatoms. The normalized spacial score (nSPS) is 49.2. The fourth-order valence-electron chi connectivity index (χ4n) is 1.16. The molecule has 1 saturated heterocycles. The quantitative estimate of drug-likeness (QED) is 0.287. The Bertz CT molecular complexity index is 152. The first-order valence-corrected chi connectivity index (χ1v) is 3.73. The molecule has 0 radical (unpaired) electrons. The van der Waals surface area contributed by atoms with Crippen molar-refractivity contribution in [2.24, 2.45) is 11.5 Å². The summed E-state index contributed by atoms with van der Waals surface area (Å²) >= 11 is 0. The highest BCUT2D eigenvalue weighted by Crippen LogP contribution is 2.17. The second-order valence-electron chi connectivity index (χ2n) is 2.86. The molecule has 1 aliphatic heterocycles. The average Bonchev–Trinajstić information content (AvgIpc) is 2.08. The zero-order valence-corrected chi connectivity index (χ0v) is 6.50. The predicted molar refractivity (Wildman–Crippen MR) is 39.9 cm³/mol. The predicted octanol–water partition coefficient (Wildman–Crippen LogP) is -3.29. The number of hydrogen-bond acceptors (Lipinski definition) is 6. The van der Waals surface area contributed by atoms with E-state index in [0.717, 1.165) is 0 Å². The fourth-order valence-corrected chi connectivity index (χ4v) is 1.16. The van der Waals surface area contributed by atoms with Gasteiger partial charge in [-0.25, -0.2) is 0 Å². The van der Waals surface area contributed by atoms with Gasteiger partial charge in [0.1, 0.15) is 18.3 Å². The Morgan fingerprint density at radius 2 is 1.75 bits per heavy atom. The van der Waals surface area contributed by atoms with E-state index in [1.54, 1.807) is 0 Å². The van der Waals surface area contributed by atoms with Gasteiger partial charge in [-0.05, 0) is 0 Å². The van der Waals surface area contributed by atoms with E-state index in [0.29, 0.717) is 0 Å². The van der Waals surface area contributed by atoms with Gasteiger partial charge in [0.05, 0.1) is 6.04 Å². The van der Waals surface area contributed by atoms with E-state index in [-0.39, 0.29) is 6.54 Å². The summed E-state index contributed by atoms with van der Waals surface area (Å²) < 4.78 is 4.83. The molecular formula is C6H14N2O4. The Morgan fingerprint density at radius 3 is 2.25 bits per heavy atom. The standard InChI is InChI=1S/C6H14N2O4/c7-1-2-4(9)5(10)3(8)6(11)12-2/h2-6,9-11H,1,7-8H2/t2-,3+,4+,5?,6-/m0/s1. The van der Waals surface area contributed by atoms with Crippen LogP contribution in [0.3, 0.4) is 0 Å². The minimum absolute atomic E-state index is 0.0298. The third kappa shape index (κ3) is 1.58. The summed E-state index contributed by atoms with van der Waals surface area (Å²) in [4.78, 5) is 0. The van der Waals surface area contributed by atoms with Crippen LogP contribution in [-0.4, -0.2) is 52.5 Å². The maximum Gasteiger partial charge on any atom is 0.172 e. The maximum atomic E-state index is 9.28. The molecule has 1 fully saturated rings. The molecule has 7 N–H and O–H groups in total. The van der Waals surface area contributed by atoms with E-state index in [9.17, 15) is 10.2 Å². The minimum atomic E-state index is -1.27. The molecule has 0 bridgehead atoms. The van der Waals surface area contributed by atoms with Crippen LogP contribution in [0.4, 0.5) is 0 Å². The van der Waals surface area contributed by atoms with Crippen molar-refractivity contribution in [3.63, 3.8) is 0 Å². The lowest BCUT2D eigenvalue weighted by Crippen LogP contribution is -2.62. The van der Waals surface area contributed by atoms with Gasteiger partial charge in [-0.1, -0.05) is 0 Å². The molecule has 72 valence electrons. The number of rotatable bonds is 1. The van der Waals surface area contributed by atoms with E-state index < -0.39 is 30.6 Å². The number of ether oxygens (including phenoxy) is 1. The molecule has 0 amide bonds. The van der Waals surface area contributed by atoms with E-state index in [4.69, 9.17) is 21.3 Å². The second-order valence-corrected chi connectivity index (χ2v) is 2.86. The molecule has 1 heterocycles. The van der Waals surface area contributed by atoms with Crippen LogP contribution in [-0.2, 0) is 4.74 Å². The van der Waals surface area contributed by atoms with Crippen molar-refractivity contribution < 1.29 is 20.1 Å². The van der Waals surface area contributed by atoms with Crippen molar-refractivity contribution in [3.8, 4) is 0 Å². The highest BCUT2D eigenvalue weighted by Gasteiger charge is 2.41. The van der Waals surface area contributed by atoms with E-state index in [2.05, 4.69) is 0 Å². The van der Waals surface area contributed by atoms with Crippen molar-refractivity contribution in [1.82, 2.24) is 0 Å². The Kier molecular flexibility index (Phi) is 2.99. The lowest BCUT2D eigenvalue weighted by atomic mass is 9.98. The molecule has 1 aliphatic rings. The van der Waals surface area contributed by atoms with Gasteiger partial charge in [-0.3, -0.25) is 0 Å². The highest BCUT2D eigenvalue weighted by atomic mass is 16.6. The van der Waals surface area contributed by atoms with Gasteiger partial charge in [0.15, 0.2) is 6.29 Å². The monoisotopic (exact) mass is 178 g/mol. The number of aliphatic hydroxyl groups is 3. The average molecular weight is 178 g/mol. The second kappa shape index (κ2) is 3.65. The van der Waals surface area contributed by atoms with Crippen molar-refractivity contribution >= 4 is 0 Å². The summed E-state index contributed by atoms with van der Waals surface area (Å²) in [5.41, 5.74) is 10.5. The van der Waals surface area contributed by atoms with Crippen LogP contribution >= 0.6 is 0 Å². The van der Waals surface area contributed by atoms with E-state index >= 15 is 0 Å². The highest BCUT2D eigenvalue weighted by molar-refractivity contribution is 4.91. The van der Waals surface area contributed by atoms with Crippen LogP contribution in [0.5, 0.6) is 0 Å². The van der Waals surface area contributed by atoms with Crippen molar-refractivity contribution in [2.75, 3.05) is 6.54 Å². The van der Waals surface area contributed by atoms with Gasteiger partial charge in [0.2, 0.25) is 0 Å². The van der Waals surface area contributed by atoms with Crippen molar-refractivity contribution in [3.05, 3.63) is 0 Å². The van der Waals surface area contributed by atoms with Crippen molar-refractivity contribution in [1.29, 1.82) is 0 Å². The molecule has 0 aliphatic carbocycles. The minimum Gasteiger partial charge on any atom is -0.388 e. The van der Waals surface area contributed by atoms with Gasteiger partial charge in [-0.15, -0.1) is 0 Å². The first kappa shape index (κ1) is 9.85. The summed E-state index contributed by atoms with van der Waals surface area (Å²) in [5, 5.41) is 27.6. The Labute approximate surface area is 69.7 Å².